The van der Waals surface area contributed by atoms with E-state index in [-0.39, 0.29) is 11.8 Å². The van der Waals surface area contributed by atoms with E-state index in [1.807, 2.05) is 36.4 Å². The Kier molecular flexibility index (Phi) is 5.88. The molecule has 120 valence electrons. The molecule has 0 saturated carbocycles. The van der Waals surface area contributed by atoms with Crippen LogP contribution in [0.25, 0.3) is 0 Å². The zero-order chi connectivity index (χ0) is 16.7. The summed E-state index contributed by atoms with van der Waals surface area (Å²) in [5.74, 6) is -0.511. The SMILES string of the molecule is CN(C)NC(=O)[C@@H](Cc1ccccc1)NC(=O)c1ccccc1. The van der Waals surface area contributed by atoms with Crippen LogP contribution < -0.4 is 10.7 Å². The molecule has 2 aromatic rings. The molecule has 0 aliphatic carbocycles. The average molecular weight is 311 g/mol. The van der Waals surface area contributed by atoms with Crippen LogP contribution in [0.1, 0.15) is 15.9 Å². The number of hydrogen-bond acceptors (Lipinski definition) is 3. The first-order chi connectivity index (χ1) is 11.1. The second kappa shape index (κ2) is 8.10. The third kappa shape index (κ3) is 5.23. The summed E-state index contributed by atoms with van der Waals surface area (Å²) >= 11 is 0. The van der Waals surface area contributed by atoms with E-state index in [1.54, 1.807) is 43.4 Å². The lowest BCUT2D eigenvalue weighted by Crippen LogP contribution is -2.51. The van der Waals surface area contributed by atoms with Crippen LogP contribution in [0.3, 0.4) is 0 Å². The molecule has 1 atom stereocenters. The van der Waals surface area contributed by atoms with Gasteiger partial charge in [-0.25, -0.2) is 5.01 Å². The van der Waals surface area contributed by atoms with Gasteiger partial charge in [-0.1, -0.05) is 48.5 Å². The Morgan fingerprint density at radius 3 is 2.09 bits per heavy atom. The smallest absolute Gasteiger partial charge is 0.257 e. The van der Waals surface area contributed by atoms with E-state index in [2.05, 4.69) is 10.7 Å². The zero-order valence-electron chi connectivity index (χ0n) is 13.3. The Morgan fingerprint density at radius 2 is 1.52 bits per heavy atom. The molecule has 0 saturated heterocycles. The van der Waals surface area contributed by atoms with Crippen molar-refractivity contribution in [3.8, 4) is 0 Å². The third-order valence-electron chi connectivity index (χ3n) is 3.27. The summed E-state index contributed by atoms with van der Waals surface area (Å²) in [5, 5.41) is 4.37. The number of nitrogens with one attached hydrogen (secondary N) is 2. The highest BCUT2D eigenvalue weighted by Crippen LogP contribution is 2.06. The maximum atomic E-state index is 12.4. The number of amides is 2. The van der Waals surface area contributed by atoms with Crippen molar-refractivity contribution < 1.29 is 9.59 Å². The second-order valence-electron chi connectivity index (χ2n) is 5.45. The molecule has 5 nitrogen and oxygen atoms in total. The summed E-state index contributed by atoms with van der Waals surface area (Å²) in [7, 11) is 3.47. The van der Waals surface area contributed by atoms with Gasteiger partial charge >= 0.3 is 0 Å². The number of carbonyl (C=O) groups excluding carboxylic acids is 2. The summed E-state index contributed by atoms with van der Waals surface area (Å²) < 4.78 is 0. The van der Waals surface area contributed by atoms with Gasteiger partial charge < -0.3 is 5.32 Å². The normalized spacial score (nSPS) is 11.8. The van der Waals surface area contributed by atoms with Crippen LogP contribution in [0, 0.1) is 0 Å². The minimum Gasteiger partial charge on any atom is -0.340 e. The fourth-order valence-electron chi connectivity index (χ4n) is 2.19. The molecule has 0 spiro atoms. The number of rotatable bonds is 6. The highest BCUT2D eigenvalue weighted by atomic mass is 16.2. The molecule has 23 heavy (non-hydrogen) atoms. The molecule has 2 aromatic carbocycles. The van der Waals surface area contributed by atoms with E-state index in [9.17, 15) is 9.59 Å². The average Bonchev–Trinajstić information content (AvgIpc) is 2.55. The van der Waals surface area contributed by atoms with E-state index in [1.165, 1.54) is 0 Å². The van der Waals surface area contributed by atoms with Crippen molar-refractivity contribution in [1.82, 2.24) is 15.8 Å². The van der Waals surface area contributed by atoms with Gasteiger partial charge in [-0.15, -0.1) is 0 Å². The van der Waals surface area contributed by atoms with E-state index in [0.717, 1.165) is 5.56 Å². The molecule has 2 rings (SSSR count). The Labute approximate surface area is 136 Å². The molecule has 5 heteroatoms. The zero-order valence-corrected chi connectivity index (χ0v) is 13.3. The van der Waals surface area contributed by atoms with Crippen LogP contribution in [-0.4, -0.2) is 37.0 Å². The van der Waals surface area contributed by atoms with Crippen LogP contribution >= 0.6 is 0 Å². The minimum absolute atomic E-state index is 0.247. The molecule has 0 aliphatic rings. The van der Waals surface area contributed by atoms with E-state index in [4.69, 9.17) is 0 Å². The van der Waals surface area contributed by atoms with Crippen molar-refractivity contribution in [3.63, 3.8) is 0 Å². The van der Waals surface area contributed by atoms with Crippen LogP contribution in [0.15, 0.2) is 60.7 Å². The van der Waals surface area contributed by atoms with Gasteiger partial charge in [0.05, 0.1) is 0 Å². The van der Waals surface area contributed by atoms with Crippen molar-refractivity contribution in [2.24, 2.45) is 0 Å². The van der Waals surface area contributed by atoms with Crippen LogP contribution in [0.4, 0.5) is 0 Å². The van der Waals surface area contributed by atoms with Crippen LogP contribution in [0.5, 0.6) is 0 Å². The lowest BCUT2D eigenvalue weighted by molar-refractivity contribution is -0.126. The fourth-order valence-corrected chi connectivity index (χ4v) is 2.19. The standard InChI is InChI=1S/C18H21N3O2/c1-21(2)20-18(23)16(13-14-9-5-3-6-10-14)19-17(22)15-11-7-4-8-12-15/h3-12,16H,13H2,1-2H3,(H,19,22)(H,20,23)/t16-/m1/s1. The molecular formula is C18H21N3O2. The fraction of sp³-hybridized carbons (Fsp3) is 0.222. The molecule has 0 aromatic heterocycles. The summed E-state index contributed by atoms with van der Waals surface area (Å²) in [6.45, 7) is 0. The Bertz CT molecular complexity index is 642. The summed E-state index contributed by atoms with van der Waals surface area (Å²) in [5.41, 5.74) is 4.22. The Balaban J connectivity index is 2.12. The van der Waals surface area contributed by atoms with Gasteiger partial charge in [0.25, 0.3) is 11.8 Å². The maximum Gasteiger partial charge on any atom is 0.257 e. The number of hydrogen-bond donors (Lipinski definition) is 2. The number of benzene rings is 2. The van der Waals surface area contributed by atoms with Crippen molar-refractivity contribution in [1.29, 1.82) is 0 Å². The number of hydrazine groups is 1. The highest BCUT2D eigenvalue weighted by molar-refractivity contribution is 5.97. The monoisotopic (exact) mass is 311 g/mol. The van der Waals surface area contributed by atoms with Gasteiger partial charge in [-0.3, -0.25) is 15.0 Å². The van der Waals surface area contributed by atoms with Crippen molar-refractivity contribution in [2.75, 3.05) is 14.1 Å². The Hall–Kier alpha value is -2.66. The summed E-state index contributed by atoms with van der Waals surface area (Å²) in [6, 6.07) is 17.8. The van der Waals surface area contributed by atoms with E-state index in [0.29, 0.717) is 12.0 Å². The minimum atomic E-state index is -0.646. The van der Waals surface area contributed by atoms with Gasteiger partial charge in [0.2, 0.25) is 0 Å². The van der Waals surface area contributed by atoms with Gasteiger partial charge in [0.1, 0.15) is 6.04 Å². The quantitative estimate of drug-likeness (QED) is 0.797. The van der Waals surface area contributed by atoms with Crippen molar-refractivity contribution in [3.05, 3.63) is 71.8 Å². The van der Waals surface area contributed by atoms with Gasteiger partial charge in [-0.2, -0.15) is 0 Å². The largest absolute Gasteiger partial charge is 0.340 e. The highest BCUT2D eigenvalue weighted by Gasteiger charge is 2.22. The number of nitrogens with zero attached hydrogens (tertiary/aromatic N) is 1. The molecule has 0 aliphatic heterocycles. The molecular weight excluding hydrogens is 290 g/mol. The maximum absolute atomic E-state index is 12.4. The molecule has 2 amide bonds. The first kappa shape index (κ1) is 16.7. The molecule has 0 radical (unpaired) electrons. The van der Waals surface area contributed by atoms with Gasteiger partial charge in [0.15, 0.2) is 0 Å². The van der Waals surface area contributed by atoms with Crippen molar-refractivity contribution >= 4 is 11.8 Å². The van der Waals surface area contributed by atoms with E-state index >= 15 is 0 Å². The lowest BCUT2D eigenvalue weighted by atomic mass is 10.0. The number of carbonyl (C=O) groups is 2. The molecule has 0 fully saturated rings. The molecule has 2 N–H and O–H groups in total. The van der Waals surface area contributed by atoms with Gasteiger partial charge in [-0.05, 0) is 17.7 Å². The molecule has 0 bridgehead atoms. The van der Waals surface area contributed by atoms with Crippen LogP contribution in [-0.2, 0) is 11.2 Å². The topological polar surface area (TPSA) is 61.4 Å². The first-order valence-corrected chi connectivity index (χ1v) is 7.44. The van der Waals surface area contributed by atoms with E-state index < -0.39 is 6.04 Å². The molecule has 0 unspecified atom stereocenters. The predicted octanol–water partition coefficient (Wildman–Crippen LogP) is 1.62. The summed E-state index contributed by atoms with van der Waals surface area (Å²) in [6.07, 6.45) is 0.430. The van der Waals surface area contributed by atoms with Crippen molar-refractivity contribution in [2.45, 2.75) is 12.5 Å². The van der Waals surface area contributed by atoms with Crippen LogP contribution in [0.2, 0.25) is 0 Å². The predicted molar refractivity (Wildman–Crippen MR) is 89.7 cm³/mol. The first-order valence-electron chi connectivity index (χ1n) is 7.44. The third-order valence-corrected chi connectivity index (χ3v) is 3.27. The Morgan fingerprint density at radius 1 is 0.957 bits per heavy atom. The summed E-state index contributed by atoms with van der Waals surface area (Å²) in [4.78, 5) is 24.7. The second-order valence-corrected chi connectivity index (χ2v) is 5.45. The lowest BCUT2D eigenvalue weighted by Gasteiger charge is -2.21. The van der Waals surface area contributed by atoms with Gasteiger partial charge in [0, 0.05) is 26.1 Å². The molecule has 0 heterocycles.